The van der Waals surface area contributed by atoms with Gasteiger partial charge in [0.2, 0.25) is 0 Å². The standard InChI is InChI=1S/C28H40N4O5/c1-27(2,3)36-25(34)20-12-8-9-13-21(20)30-15-17-31(18-16-30)24(33)23-19-11-7-10-14-22(19)32(29-23)26(35)37-28(4,5)6/h7,10-11,14,20-21H,8-9,12-13,15-18H2,1-6H3/t20-,21-/m1/s1. The monoisotopic (exact) mass is 512 g/mol. The van der Waals surface area contributed by atoms with E-state index in [0.717, 1.165) is 25.7 Å². The van der Waals surface area contributed by atoms with Crippen molar-refractivity contribution < 1.29 is 23.9 Å². The number of aromatic nitrogens is 2. The first-order valence-corrected chi connectivity index (χ1v) is 13.3. The van der Waals surface area contributed by atoms with E-state index in [-0.39, 0.29) is 29.5 Å². The van der Waals surface area contributed by atoms with Crippen LogP contribution in [-0.2, 0) is 14.3 Å². The van der Waals surface area contributed by atoms with E-state index in [4.69, 9.17) is 9.47 Å². The molecule has 202 valence electrons. The Balaban J connectivity index is 1.47. The molecule has 0 unspecified atom stereocenters. The van der Waals surface area contributed by atoms with E-state index in [1.165, 1.54) is 4.68 Å². The van der Waals surface area contributed by atoms with Gasteiger partial charge < -0.3 is 14.4 Å². The van der Waals surface area contributed by atoms with Crippen LogP contribution in [0.2, 0.25) is 0 Å². The van der Waals surface area contributed by atoms with Crippen LogP contribution in [0.1, 0.15) is 77.7 Å². The Hall–Kier alpha value is -2.94. The van der Waals surface area contributed by atoms with Gasteiger partial charge in [0.25, 0.3) is 5.91 Å². The lowest BCUT2D eigenvalue weighted by atomic mass is 9.83. The molecule has 0 N–H and O–H groups in total. The summed E-state index contributed by atoms with van der Waals surface area (Å²) in [5, 5.41) is 5.03. The predicted molar refractivity (Wildman–Crippen MR) is 140 cm³/mol. The third kappa shape index (κ3) is 6.32. The van der Waals surface area contributed by atoms with E-state index in [1.807, 2.05) is 32.9 Å². The molecule has 1 saturated carbocycles. The van der Waals surface area contributed by atoms with Crippen molar-refractivity contribution in [2.24, 2.45) is 5.92 Å². The summed E-state index contributed by atoms with van der Waals surface area (Å²) in [6, 6.07) is 7.34. The molecule has 1 aromatic carbocycles. The lowest BCUT2D eigenvalue weighted by Gasteiger charge is -2.43. The van der Waals surface area contributed by atoms with Crippen LogP contribution in [0.5, 0.6) is 0 Å². The third-order valence-electron chi connectivity index (χ3n) is 6.87. The van der Waals surface area contributed by atoms with Crippen LogP contribution in [-0.4, -0.2) is 81.0 Å². The number of amides is 1. The molecule has 0 spiro atoms. The fraction of sp³-hybridized carbons (Fsp3) is 0.643. The average molecular weight is 513 g/mol. The van der Waals surface area contributed by atoms with Crippen molar-refractivity contribution >= 4 is 28.9 Å². The van der Waals surface area contributed by atoms with E-state index < -0.39 is 17.3 Å². The summed E-state index contributed by atoms with van der Waals surface area (Å²) in [5.41, 5.74) is -0.392. The molecule has 0 radical (unpaired) electrons. The first-order valence-electron chi connectivity index (χ1n) is 13.3. The van der Waals surface area contributed by atoms with Crippen molar-refractivity contribution in [2.75, 3.05) is 26.2 Å². The number of piperazine rings is 1. The van der Waals surface area contributed by atoms with Gasteiger partial charge in [0.15, 0.2) is 5.69 Å². The maximum atomic E-state index is 13.6. The molecule has 1 aliphatic heterocycles. The Bertz CT molecular complexity index is 1150. The SMILES string of the molecule is CC(C)(C)OC(=O)[C@@H]1CCCC[C@H]1N1CCN(C(=O)c2nn(C(=O)OC(C)(C)C)c3ccccc23)CC1. The molecule has 1 aliphatic carbocycles. The third-order valence-corrected chi connectivity index (χ3v) is 6.87. The maximum absolute atomic E-state index is 13.6. The summed E-state index contributed by atoms with van der Waals surface area (Å²) in [7, 11) is 0. The molecule has 0 bridgehead atoms. The quantitative estimate of drug-likeness (QED) is 0.560. The van der Waals surface area contributed by atoms with Crippen molar-refractivity contribution in [2.45, 2.75) is 84.5 Å². The molecular formula is C28H40N4O5. The predicted octanol–water partition coefficient (Wildman–Crippen LogP) is 4.48. The van der Waals surface area contributed by atoms with Crippen molar-refractivity contribution in [3.8, 4) is 0 Å². The van der Waals surface area contributed by atoms with Crippen molar-refractivity contribution in [1.29, 1.82) is 0 Å². The van der Waals surface area contributed by atoms with Gasteiger partial charge in [-0.2, -0.15) is 9.78 Å². The van der Waals surface area contributed by atoms with Gasteiger partial charge >= 0.3 is 12.1 Å². The maximum Gasteiger partial charge on any atom is 0.435 e. The summed E-state index contributed by atoms with van der Waals surface area (Å²) < 4.78 is 12.4. The van der Waals surface area contributed by atoms with Crippen LogP contribution in [0.3, 0.4) is 0 Å². The number of para-hydroxylation sites is 1. The van der Waals surface area contributed by atoms with E-state index >= 15 is 0 Å². The molecule has 1 aromatic heterocycles. The van der Waals surface area contributed by atoms with Gasteiger partial charge in [-0.05, 0) is 60.5 Å². The van der Waals surface area contributed by atoms with E-state index in [9.17, 15) is 14.4 Å². The second-order valence-electron chi connectivity index (χ2n) is 12.1. The zero-order chi connectivity index (χ0) is 27.0. The van der Waals surface area contributed by atoms with Gasteiger partial charge in [-0.1, -0.05) is 31.0 Å². The van der Waals surface area contributed by atoms with Gasteiger partial charge in [0.05, 0.1) is 11.4 Å². The van der Waals surface area contributed by atoms with E-state index in [0.29, 0.717) is 37.1 Å². The first kappa shape index (κ1) is 27.1. The topological polar surface area (TPSA) is 94.0 Å². The fourth-order valence-electron chi connectivity index (χ4n) is 5.28. The van der Waals surface area contributed by atoms with Gasteiger partial charge in [-0.15, -0.1) is 0 Å². The number of nitrogens with zero attached hydrogens (tertiary/aromatic N) is 4. The molecule has 1 saturated heterocycles. The zero-order valence-electron chi connectivity index (χ0n) is 23.0. The van der Waals surface area contributed by atoms with Crippen LogP contribution >= 0.6 is 0 Å². The fourth-order valence-corrected chi connectivity index (χ4v) is 5.28. The molecule has 4 rings (SSSR count). The van der Waals surface area contributed by atoms with Gasteiger partial charge in [-0.25, -0.2) is 4.79 Å². The molecule has 2 aromatic rings. The Morgan fingerprint density at radius 2 is 1.49 bits per heavy atom. The van der Waals surface area contributed by atoms with Gasteiger partial charge in [0, 0.05) is 37.6 Å². The van der Waals surface area contributed by atoms with Crippen molar-refractivity contribution in [3.05, 3.63) is 30.0 Å². The largest absolute Gasteiger partial charge is 0.460 e. The minimum absolute atomic E-state index is 0.116. The number of rotatable bonds is 3. The molecule has 2 atom stereocenters. The highest BCUT2D eigenvalue weighted by atomic mass is 16.6. The highest BCUT2D eigenvalue weighted by Crippen LogP contribution is 2.32. The Morgan fingerprint density at radius 1 is 0.865 bits per heavy atom. The average Bonchev–Trinajstić information content (AvgIpc) is 3.22. The van der Waals surface area contributed by atoms with E-state index in [1.54, 1.807) is 37.8 Å². The molecule has 2 aliphatic rings. The van der Waals surface area contributed by atoms with E-state index in [2.05, 4.69) is 10.00 Å². The van der Waals surface area contributed by atoms with Crippen LogP contribution in [0.25, 0.3) is 10.9 Å². The number of ether oxygens (including phenoxy) is 2. The number of hydrogen-bond donors (Lipinski definition) is 0. The number of carbonyl (C=O) groups is 3. The Labute approximate surface area is 219 Å². The summed E-state index contributed by atoms with van der Waals surface area (Å²) >= 11 is 0. The molecule has 2 fully saturated rings. The molecule has 37 heavy (non-hydrogen) atoms. The van der Waals surface area contributed by atoms with Gasteiger partial charge in [-0.3, -0.25) is 14.5 Å². The number of hydrogen-bond acceptors (Lipinski definition) is 7. The molecule has 9 nitrogen and oxygen atoms in total. The van der Waals surface area contributed by atoms with Crippen LogP contribution in [0.15, 0.2) is 24.3 Å². The van der Waals surface area contributed by atoms with Gasteiger partial charge in [0.1, 0.15) is 11.2 Å². The Kier molecular flexibility index (Phi) is 7.65. The number of carbonyl (C=O) groups excluding carboxylic acids is 3. The first-order chi connectivity index (χ1) is 17.3. The zero-order valence-corrected chi connectivity index (χ0v) is 23.0. The second kappa shape index (κ2) is 10.4. The lowest BCUT2D eigenvalue weighted by molar-refractivity contribution is -0.164. The summed E-state index contributed by atoms with van der Waals surface area (Å²) in [5.74, 6) is -0.455. The number of benzene rings is 1. The minimum atomic E-state index is -0.680. The van der Waals surface area contributed by atoms with Crippen LogP contribution in [0, 0.1) is 5.92 Å². The molecule has 1 amide bonds. The minimum Gasteiger partial charge on any atom is -0.460 e. The summed E-state index contributed by atoms with van der Waals surface area (Å²) in [6.45, 7) is 13.5. The van der Waals surface area contributed by atoms with Crippen LogP contribution < -0.4 is 0 Å². The van der Waals surface area contributed by atoms with Crippen molar-refractivity contribution in [1.82, 2.24) is 19.6 Å². The molecule has 2 heterocycles. The number of fused-ring (bicyclic) bond motifs is 1. The highest BCUT2D eigenvalue weighted by Gasteiger charge is 2.39. The van der Waals surface area contributed by atoms with Crippen molar-refractivity contribution in [3.63, 3.8) is 0 Å². The smallest absolute Gasteiger partial charge is 0.435 e. The number of esters is 1. The second-order valence-corrected chi connectivity index (χ2v) is 12.1. The highest BCUT2D eigenvalue weighted by molar-refractivity contribution is 6.06. The van der Waals surface area contributed by atoms with Crippen LogP contribution in [0.4, 0.5) is 4.79 Å². The summed E-state index contributed by atoms with van der Waals surface area (Å²) in [4.78, 5) is 43.4. The Morgan fingerprint density at radius 3 is 2.14 bits per heavy atom. The molecule has 9 heteroatoms. The summed E-state index contributed by atoms with van der Waals surface area (Å²) in [6.07, 6.45) is 3.32. The lowest BCUT2D eigenvalue weighted by Crippen LogP contribution is -2.55. The normalized spacial score (nSPS) is 21.6. The molecular weight excluding hydrogens is 472 g/mol.